The van der Waals surface area contributed by atoms with Gasteiger partial charge in [0.05, 0.1) is 0 Å². The Hall–Kier alpha value is -0.610. The number of carbonyl (C=O) groups excluding carboxylic acids is 1. The molecule has 1 amide bonds. The summed E-state index contributed by atoms with van der Waals surface area (Å²) in [4.78, 5) is 13.4. The normalized spacial score (nSPS) is 21.4. The van der Waals surface area contributed by atoms with Crippen molar-refractivity contribution in [2.45, 2.75) is 46.1 Å². The first kappa shape index (κ1) is 14.5. The Labute approximate surface area is 105 Å². The lowest BCUT2D eigenvalue weighted by Crippen LogP contribution is -2.51. The summed E-state index contributed by atoms with van der Waals surface area (Å²) in [6, 6.07) is 0.428. The van der Waals surface area contributed by atoms with Gasteiger partial charge in [0, 0.05) is 19.0 Å². The first-order valence-corrected chi connectivity index (χ1v) is 6.57. The molecule has 0 aromatic heterocycles. The first-order chi connectivity index (χ1) is 7.84. The molecule has 100 valence electrons. The molecule has 4 heteroatoms. The van der Waals surface area contributed by atoms with E-state index >= 15 is 0 Å². The number of hydrogen-bond donors (Lipinski definition) is 2. The maximum absolute atomic E-state index is 10.9. The van der Waals surface area contributed by atoms with Crippen molar-refractivity contribution in [1.82, 2.24) is 4.90 Å². The maximum atomic E-state index is 10.9. The van der Waals surface area contributed by atoms with Crippen molar-refractivity contribution in [1.29, 1.82) is 0 Å². The van der Waals surface area contributed by atoms with E-state index in [1.54, 1.807) is 0 Å². The number of hydrogen-bond acceptors (Lipinski definition) is 3. The maximum Gasteiger partial charge on any atom is 0.217 e. The van der Waals surface area contributed by atoms with E-state index in [2.05, 4.69) is 25.7 Å². The number of rotatable bonds is 4. The molecule has 1 heterocycles. The van der Waals surface area contributed by atoms with Gasteiger partial charge in [-0.2, -0.15) is 0 Å². The third kappa shape index (κ3) is 4.28. The summed E-state index contributed by atoms with van der Waals surface area (Å²) in [6.07, 6.45) is 2.67. The minimum Gasteiger partial charge on any atom is -0.370 e. The second-order valence-electron chi connectivity index (χ2n) is 6.27. The fourth-order valence-corrected chi connectivity index (χ4v) is 2.80. The number of nitrogens with two attached hydrogens (primary N) is 2. The topological polar surface area (TPSA) is 72.3 Å². The molecule has 0 aromatic rings. The van der Waals surface area contributed by atoms with Gasteiger partial charge in [0.15, 0.2) is 0 Å². The van der Waals surface area contributed by atoms with Crippen LogP contribution in [-0.4, -0.2) is 36.5 Å². The van der Waals surface area contributed by atoms with Gasteiger partial charge in [0.1, 0.15) is 0 Å². The summed E-state index contributed by atoms with van der Waals surface area (Å²) >= 11 is 0. The van der Waals surface area contributed by atoms with Crippen molar-refractivity contribution in [3.8, 4) is 0 Å². The molecule has 0 saturated carbocycles. The lowest BCUT2D eigenvalue weighted by molar-refractivity contribution is -0.119. The van der Waals surface area contributed by atoms with Crippen molar-refractivity contribution in [3.05, 3.63) is 0 Å². The zero-order valence-electron chi connectivity index (χ0n) is 11.4. The van der Waals surface area contributed by atoms with E-state index in [4.69, 9.17) is 11.5 Å². The van der Waals surface area contributed by atoms with Gasteiger partial charge >= 0.3 is 0 Å². The summed E-state index contributed by atoms with van der Waals surface area (Å²) in [5.74, 6) is 0.303. The third-order valence-electron chi connectivity index (χ3n) is 3.80. The fourth-order valence-electron chi connectivity index (χ4n) is 2.80. The van der Waals surface area contributed by atoms with E-state index in [9.17, 15) is 4.79 Å². The molecule has 1 saturated heterocycles. The van der Waals surface area contributed by atoms with Crippen molar-refractivity contribution in [2.75, 3.05) is 19.6 Å². The molecule has 1 aliphatic rings. The minimum atomic E-state index is -0.172. The van der Waals surface area contributed by atoms with Gasteiger partial charge in [-0.25, -0.2) is 0 Å². The van der Waals surface area contributed by atoms with Crippen LogP contribution in [0.15, 0.2) is 0 Å². The zero-order valence-corrected chi connectivity index (χ0v) is 11.4. The van der Waals surface area contributed by atoms with Crippen LogP contribution < -0.4 is 11.5 Å². The summed E-state index contributed by atoms with van der Waals surface area (Å²) in [7, 11) is 0. The summed E-state index contributed by atoms with van der Waals surface area (Å²) in [6.45, 7) is 9.48. The van der Waals surface area contributed by atoms with E-state index in [1.165, 1.54) is 0 Å². The molecule has 0 bridgehead atoms. The van der Waals surface area contributed by atoms with Crippen LogP contribution in [0.4, 0.5) is 0 Å². The van der Waals surface area contributed by atoms with Crippen LogP contribution >= 0.6 is 0 Å². The second kappa shape index (κ2) is 5.83. The van der Waals surface area contributed by atoms with E-state index < -0.39 is 0 Å². The van der Waals surface area contributed by atoms with Gasteiger partial charge in [-0.3, -0.25) is 9.69 Å². The highest BCUT2D eigenvalue weighted by molar-refractivity contribution is 5.73. The van der Waals surface area contributed by atoms with Gasteiger partial charge in [-0.1, -0.05) is 20.8 Å². The molecule has 17 heavy (non-hydrogen) atoms. The molecule has 1 unspecified atom stereocenters. The molecule has 0 aromatic carbocycles. The number of carbonyl (C=O) groups is 1. The monoisotopic (exact) mass is 241 g/mol. The quantitative estimate of drug-likeness (QED) is 0.769. The SMILES string of the molecule is CC(C)(C)C(CN)N1CCC(CC(N)=O)CC1. The molecule has 4 N–H and O–H groups in total. The smallest absolute Gasteiger partial charge is 0.217 e. The van der Waals surface area contributed by atoms with Gasteiger partial charge in [0.2, 0.25) is 5.91 Å². The van der Waals surface area contributed by atoms with Crippen LogP contribution in [0, 0.1) is 11.3 Å². The number of nitrogens with zero attached hydrogens (tertiary/aromatic N) is 1. The summed E-state index contributed by atoms with van der Waals surface area (Å²) < 4.78 is 0. The highest BCUT2D eigenvalue weighted by Gasteiger charge is 2.32. The molecule has 0 spiro atoms. The molecule has 0 radical (unpaired) electrons. The number of primary amides is 1. The van der Waals surface area contributed by atoms with Crippen molar-refractivity contribution in [2.24, 2.45) is 22.8 Å². The van der Waals surface area contributed by atoms with E-state index in [1.807, 2.05) is 0 Å². The van der Waals surface area contributed by atoms with E-state index in [0.29, 0.717) is 24.9 Å². The Kier molecular flexibility index (Phi) is 4.95. The Balaban J connectivity index is 2.48. The largest absolute Gasteiger partial charge is 0.370 e. The number of amides is 1. The summed E-state index contributed by atoms with van der Waals surface area (Å²) in [5.41, 5.74) is 11.3. The van der Waals surface area contributed by atoms with Crippen LogP contribution in [0.1, 0.15) is 40.0 Å². The van der Waals surface area contributed by atoms with Crippen molar-refractivity contribution >= 4 is 5.91 Å². The zero-order chi connectivity index (χ0) is 13.1. The average molecular weight is 241 g/mol. The average Bonchev–Trinajstić information content (AvgIpc) is 2.18. The Bertz CT molecular complexity index is 252. The van der Waals surface area contributed by atoms with Crippen LogP contribution in [0.2, 0.25) is 0 Å². The number of piperidine rings is 1. The Morgan fingerprint density at radius 1 is 1.35 bits per heavy atom. The molecular formula is C13H27N3O. The van der Waals surface area contributed by atoms with Crippen LogP contribution in [0.5, 0.6) is 0 Å². The highest BCUT2D eigenvalue weighted by Crippen LogP contribution is 2.28. The third-order valence-corrected chi connectivity index (χ3v) is 3.80. The summed E-state index contributed by atoms with van der Waals surface area (Å²) in [5, 5.41) is 0. The van der Waals surface area contributed by atoms with Crippen molar-refractivity contribution in [3.63, 3.8) is 0 Å². The molecule has 1 rings (SSSR count). The van der Waals surface area contributed by atoms with Crippen LogP contribution in [-0.2, 0) is 4.79 Å². The van der Waals surface area contributed by atoms with Crippen LogP contribution in [0.25, 0.3) is 0 Å². The van der Waals surface area contributed by atoms with Gasteiger partial charge in [0.25, 0.3) is 0 Å². The standard InChI is InChI=1S/C13H27N3O/c1-13(2,3)11(9-14)16-6-4-10(5-7-16)8-12(15)17/h10-11H,4-9,14H2,1-3H3,(H2,15,17). The lowest BCUT2D eigenvalue weighted by atomic mass is 9.83. The number of likely N-dealkylation sites (tertiary alicyclic amines) is 1. The van der Waals surface area contributed by atoms with Crippen LogP contribution in [0.3, 0.4) is 0 Å². The molecule has 4 nitrogen and oxygen atoms in total. The van der Waals surface area contributed by atoms with Gasteiger partial charge in [-0.05, 0) is 37.3 Å². The van der Waals surface area contributed by atoms with E-state index in [0.717, 1.165) is 25.9 Å². The van der Waals surface area contributed by atoms with Crippen molar-refractivity contribution < 1.29 is 4.79 Å². The minimum absolute atomic E-state index is 0.172. The highest BCUT2D eigenvalue weighted by atomic mass is 16.1. The molecule has 1 atom stereocenters. The van der Waals surface area contributed by atoms with E-state index in [-0.39, 0.29) is 11.3 Å². The molecule has 1 fully saturated rings. The second-order valence-corrected chi connectivity index (χ2v) is 6.27. The first-order valence-electron chi connectivity index (χ1n) is 6.57. The molecular weight excluding hydrogens is 214 g/mol. The Morgan fingerprint density at radius 2 is 1.88 bits per heavy atom. The predicted octanol–water partition coefficient (Wildman–Crippen LogP) is 0.947. The van der Waals surface area contributed by atoms with Gasteiger partial charge < -0.3 is 11.5 Å². The van der Waals surface area contributed by atoms with Gasteiger partial charge in [-0.15, -0.1) is 0 Å². The molecule has 1 aliphatic heterocycles. The lowest BCUT2D eigenvalue weighted by Gasteiger charge is -2.43. The molecule has 0 aliphatic carbocycles. The predicted molar refractivity (Wildman–Crippen MR) is 70.4 cm³/mol. The Morgan fingerprint density at radius 3 is 2.24 bits per heavy atom. The fraction of sp³-hybridized carbons (Fsp3) is 0.923.